The molecule has 0 aliphatic heterocycles. The van der Waals surface area contributed by atoms with Crippen molar-refractivity contribution >= 4 is 11.8 Å². The van der Waals surface area contributed by atoms with Crippen molar-refractivity contribution < 1.29 is 4.39 Å². The molecule has 0 heterocycles. The van der Waals surface area contributed by atoms with Crippen LogP contribution in [0.2, 0.25) is 0 Å². The van der Waals surface area contributed by atoms with Gasteiger partial charge in [0.05, 0.1) is 0 Å². The second kappa shape index (κ2) is 6.92. The summed E-state index contributed by atoms with van der Waals surface area (Å²) < 4.78 is 13.6. The molecule has 0 aliphatic carbocycles. The van der Waals surface area contributed by atoms with E-state index in [1.807, 2.05) is 6.07 Å². The summed E-state index contributed by atoms with van der Waals surface area (Å²) in [5.74, 6) is 1.61. The molecule has 0 spiro atoms. The van der Waals surface area contributed by atoms with Crippen molar-refractivity contribution in [1.82, 2.24) is 0 Å². The predicted octanol–water partition coefficient (Wildman–Crippen LogP) is 3.47. The van der Waals surface area contributed by atoms with Crippen LogP contribution in [-0.4, -0.2) is 12.3 Å². The fraction of sp³-hybridized carbons (Fsp3) is 0.538. The molecule has 1 aromatic carbocycles. The van der Waals surface area contributed by atoms with Gasteiger partial charge in [-0.2, -0.15) is 0 Å². The van der Waals surface area contributed by atoms with E-state index >= 15 is 0 Å². The van der Waals surface area contributed by atoms with Crippen molar-refractivity contribution in [3.8, 4) is 0 Å². The lowest BCUT2D eigenvalue weighted by Gasteiger charge is -2.10. The van der Waals surface area contributed by atoms with Crippen molar-refractivity contribution in [3.05, 3.63) is 29.6 Å². The fourth-order valence-corrected chi connectivity index (χ4v) is 2.82. The van der Waals surface area contributed by atoms with Crippen LogP contribution in [0.1, 0.15) is 25.8 Å². The van der Waals surface area contributed by atoms with Gasteiger partial charge in [0, 0.05) is 10.5 Å². The maximum atomic E-state index is 13.6. The third-order valence-electron chi connectivity index (χ3n) is 2.42. The molecule has 0 saturated heterocycles. The second-order valence-corrected chi connectivity index (χ2v) is 5.42. The summed E-state index contributed by atoms with van der Waals surface area (Å²) in [5, 5.41) is 0. The Hall–Kier alpha value is -0.540. The quantitative estimate of drug-likeness (QED) is 0.772. The number of hydrogen-bond donors (Lipinski definition) is 1. The van der Waals surface area contributed by atoms with Crippen LogP contribution >= 0.6 is 11.8 Å². The average molecular weight is 241 g/mol. The first-order valence-corrected chi connectivity index (χ1v) is 6.74. The molecule has 1 rings (SSSR count). The van der Waals surface area contributed by atoms with Crippen molar-refractivity contribution in [2.75, 3.05) is 12.3 Å². The van der Waals surface area contributed by atoms with Crippen LogP contribution in [0.5, 0.6) is 0 Å². The number of hydrogen-bond acceptors (Lipinski definition) is 2. The Morgan fingerprint density at radius 3 is 2.75 bits per heavy atom. The number of nitrogens with two attached hydrogens (primary N) is 1. The molecule has 90 valence electrons. The molecule has 0 radical (unpaired) electrons. The van der Waals surface area contributed by atoms with Crippen molar-refractivity contribution in [2.24, 2.45) is 11.7 Å². The van der Waals surface area contributed by atoms with Crippen molar-refractivity contribution in [2.45, 2.75) is 31.6 Å². The zero-order valence-corrected chi connectivity index (χ0v) is 10.8. The zero-order valence-electron chi connectivity index (χ0n) is 10.0. The van der Waals surface area contributed by atoms with Crippen LogP contribution < -0.4 is 5.73 Å². The minimum atomic E-state index is -0.125. The molecule has 1 aromatic rings. The molecule has 0 fully saturated rings. The highest BCUT2D eigenvalue weighted by atomic mass is 32.2. The molecular weight excluding hydrogens is 221 g/mol. The molecule has 0 aromatic heterocycles. The summed E-state index contributed by atoms with van der Waals surface area (Å²) in [5.41, 5.74) is 6.28. The van der Waals surface area contributed by atoms with Gasteiger partial charge in [-0.05, 0) is 43.2 Å². The van der Waals surface area contributed by atoms with Gasteiger partial charge in [-0.15, -0.1) is 11.8 Å². The Labute approximate surface area is 102 Å². The van der Waals surface area contributed by atoms with Gasteiger partial charge in [0.25, 0.3) is 0 Å². The largest absolute Gasteiger partial charge is 0.330 e. The first kappa shape index (κ1) is 13.5. The van der Waals surface area contributed by atoms with E-state index in [1.165, 1.54) is 6.07 Å². The molecule has 0 saturated carbocycles. The van der Waals surface area contributed by atoms with Crippen LogP contribution in [-0.2, 0) is 6.42 Å². The number of thioether (sulfide) groups is 1. The van der Waals surface area contributed by atoms with Gasteiger partial charge >= 0.3 is 0 Å². The Balaban J connectivity index is 2.66. The van der Waals surface area contributed by atoms with Gasteiger partial charge in [0.1, 0.15) is 5.82 Å². The third kappa shape index (κ3) is 4.14. The highest BCUT2D eigenvalue weighted by Crippen LogP contribution is 2.26. The SMILES string of the molecule is CC(C)CCSc1cccc(F)c1CCN. The summed E-state index contributed by atoms with van der Waals surface area (Å²) in [7, 11) is 0. The lowest BCUT2D eigenvalue weighted by Crippen LogP contribution is -2.06. The standard InChI is InChI=1S/C13H20FNS/c1-10(2)7-9-16-13-5-3-4-12(14)11(13)6-8-15/h3-5,10H,6-9,15H2,1-2H3. The lowest BCUT2D eigenvalue weighted by molar-refractivity contribution is 0.603. The molecule has 16 heavy (non-hydrogen) atoms. The van der Waals surface area contributed by atoms with Crippen LogP contribution in [0.4, 0.5) is 4.39 Å². The van der Waals surface area contributed by atoms with Gasteiger partial charge in [-0.25, -0.2) is 4.39 Å². The highest BCUT2D eigenvalue weighted by Gasteiger charge is 2.08. The van der Waals surface area contributed by atoms with Crippen molar-refractivity contribution in [3.63, 3.8) is 0 Å². The van der Waals surface area contributed by atoms with E-state index in [2.05, 4.69) is 13.8 Å². The van der Waals surface area contributed by atoms with Crippen LogP contribution in [0.25, 0.3) is 0 Å². The number of rotatable bonds is 6. The Morgan fingerprint density at radius 2 is 2.12 bits per heavy atom. The van der Waals surface area contributed by atoms with Crippen LogP contribution in [0.3, 0.4) is 0 Å². The van der Waals surface area contributed by atoms with E-state index < -0.39 is 0 Å². The Morgan fingerprint density at radius 1 is 1.38 bits per heavy atom. The molecule has 2 N–H and O–H groups in total. The first-order valence-electron chi connectivity index (χ1n) is 5.75. The van der Waals surface area contributed by atoms with E-state index in [0.717, 1.165) is 22.6 Å². The summed E-state index contributed by atoms with van der Waals surface area (Å²) in [4.78, 5) is 1.05. The monoisotopic (exact) mass is 241 g/mol. The number of benzene rings is 1. The van der Waals surface area contributed by atoms with E-state index in [0.29, 0.717) is 18.9 Å². The summed E-state index contributed by atoms with van der Waals surface area (Å²) in [6.45, 7) is 4.90. The van der Waals surface area contributed by atoms with E-state index in [9.17, 15) is 4.39 Å². The van der Waals surface area contributed by atoms with Gasteiger partial charge in [0.2, 0.25) is 0 Å². The molecule has 0 atom stereocenters. The summed E-state index contributed by atoms with van der Waals surface area (Å²) in [6, 6.07) is 5.27. The fourth-order valence-electron chi connectivity index (χ4n) is 1.47. The summed E-state index contributed by atoms with van der Waals surface area (Å²) in [6.07, 6.45) is 1.78. The second-order valence-electron chi connectivity index (χ2n) is 4.29. The topological polar surface area (TPSA) is 26.0 Å². The minimum Gasteiger partial charge on any atom is -0.330 e. The van der Waals surface area contributed by atoms with E-state index in [-0.39, 0.29) is 5.82 Å². The molecule has 0 unspecified atom stereocenters. The maximum Gasteiger partial charge on any atom is 0.127 e. The van der Waals surface area contributed by atoms with E-state index in [1.54, 1.807) is 17.8 Å². The zero-order chi connectivity index (χ0) is 12.0. The highest BCUT2D eigenvalue weighted by molar-refractivity contribution is 7.99. The molecule has 1 nitrogen and oxygen atoms in total. The van der Waals surface area contributed by atoms with Gasteiger partial charge in [0.15, 0.2) is 0 Å². The average Bonchev–Trinajstić information content (AvgIpc) is 2.22. The first-order chi connectivity index (χ1) is 7.65. The molecule has 0 bridgehead atoms. The van der Waals surface area contributed by atoms with E-state index in [4.69, 9.17) is 5.73 Å². The van der Waals surface area contributed by atoms with Gasteiger partial charge in [-0.1, -0.05) is 19.9 Å². The number of halogens is 1. The minimum absolute atomic E-state index is 0.125. The van der Waals surface area contributed by atoms with Crippen LogP contribution in [0, 0.1) is 11.7 Å². The summed E-state index contributed by atoms with van der Waals surface area (Å²) >= 11 is 1.73. The van der Waals surface area contributed by atoms with Crippen LogP contribution in [0.15, 0.2) is 23.1 Å². The smallest absolute Gasteiger partial charge is 0.127 e. The van der Waals surface area contributed by atoms with Gasteiger partial charge in [-0.3, -0.25) is 0 Å². The predicted molar refractivity (Wildman–Crippen MR) is 69.3 cm³/mol. The normalized spacial score (nSPS) is 11.1. The molecule has 0 amide bonds. The third-order valence-corrected chi connectivity index (χ3v) is 3.56. The maximum absolute atomic E-state index is 13.6. The Bertz CT molecular complexity index is 326. The lowest BCUT2D eigenvalue weighted by atomic mass is 10.1. The Kier molecular flexibility index (Phi) is 5.85. The molecule has 3 heteroatoms. The van der Waals surface area contributed by atoms with Gasteiger partial charge < -0.3 is 5.73 Å². The molecule has 0 aliphatic rings. The molecular formula is C13H20FNS. The van der Waals surface area contributed by atoms with Crippen molar-refractivity contribution in [1.29, 1.82) is 0 Å².